The van der Waals surface area contributed by atoms with Gasteiger partial charge in [0.15, 0.2) is 5.78 Å². The number of carbonyl (C=O) groups excluding carboxylic acids is 2. The van der Waals surface area contributed by atoms with Gasteiger partial charge in [-0.05, 0) is 123 Å². The molecule has 4 nitrogen and oxygen atoms in total. The SMILES string of the molecule is COc1ccc2c(c1)C1(CC2(C)C)CC(C)(C)c2ccc(OC(=O)c3ccc(C4(c5ccc(C(C)=O)cc5)c5ccccc5-c5ccccc54)cc3)cc21. The van der Waals surface area contributed by atoms with Crippen LogP contribution in [-0.2, 0) is 21.7 Å². The van der Waals surface area contributed by atoms with Gasteiger partial charge in [0.25, 0.3) is 0 Å². The second kappa shape index (κ2) is 11.9. The molecular formula is C50H44O4. The first kappa shape index (κ1) is 34.1. The zero-order valence-corrected chi connectivity index (χ0v) is 31.7. The molecule has 0 heterocycles. The van der Waals surface area contributed by atoms with Crippen LogP contribution in [0.1, 0.15) is 113 Å². The summed E-state index contributed by atoms with van der Waals surface area (Å²) in [5, 5.41) is 0. The predicted octanol–water partition coefficient (Wildman–Crippen LogP) is 11.1. The zero-order chi connectivity index (χ0) is 37.6. The molecule has 0 N–H and O–H groups in total. The molecule has 0 saturated carbocycles. The summed E-state index contributed by atoms with van der Waals surface area (Å²) in [6.07, 6.45) is 1.95. The van der Waals surface area contributed by atoms with Gasteiger partial charge in [0.2, 0.25) is 0 Å². The summed E-state index contributed by atoms with van der Waals surface area (Å²) in [5.41, 5.74) is 12.2. The molecule has 1 spiro atoms. The second-order valence-electron chi connectivity index (χ2n) is 16.8. The van der Waals surface area contributed by atoms with E-state index in [1.165, 1.54) is 44.5 Å². The summed E-state index contributed by atoms with van der Waals surface area (Å²) < 4.78 is 11.9. The van der Waals surface area contributed by atoms with Crippen molar-refractivity contribution in [3.8, 4) is 22.6 Å². The molecule has 1 unspecified atom stereocenters. The lowest BCUT2D eigenvalue weighted by molar-refractivity contribution is 0.0734. The Labute approximate surface area is 317 Å². The summed E-state index contributed by atoms with van der Waals surface area (Å²) in [5.74, 6) is 1.05. The Kier molecular flexibility index (Phi) is 7.49. The largest absolute Gasteiger partial charge is 0.497 e. The number of fused-ring (bicyclic) bond motifs is 7. The van der Waals surface area contributed by atoms with Gasteiger partial charge < -0.3 is 9.47 Å². The lowest BCUT2D eigenvalue weighted by atomic mass is 9.67. The van der Waals surface area contributed by atoms with Crippen LogP contribution >= 0.6 is 0 Å². The first-order valence-electron chi connectivity index (χ1n) is 18.9. The zero-order valence-electron chi connectivity index (χ0n) is 31.7. The molecule has 3 aliphatic carbocycles. The molecule has 6 aromatic rings. The Morgan fingerprint density at radius 1 is 0.519 bits per heavy atom. The Morgan fingerprint density at radius 2 is 0.981 bits per heavy atom. The number of carbonyl (C=O) groups is 2. The molecule has 1 atom stereocenters. The van der Waals surface area contributed by atoms with Crippen LogP contribution in [0.3, 0.4) is 0 Å². The van der Waals surface area contributed by atoms with Crippen LogP contribution in [0.15, 0.2) is 133 Å². The summed E-state index contributed by atoms with van der Waals surface area (Å²) in [4.78, 5) is 26.2. The van der Waals surface area contributed by atoms with Crippen LogP contribution in [0.4, 0.5) is 0 Å². The van der Waals surface area contributed by atoms with Crippen molar-refractivity contribution in [1.82, 2.24) is 0 Å². The fourth-order valence-corrected chi connectivity index (χ4v) is 10.5. The van der Waals surface area contributed by atoms with Crippen LogP contribution in [0, 0.1) is 0 Å². The molecule has 0 saturated heterocycles. The molecule has 268 valence electrons. The predicted molar refractivity (Wildman–Crippen MR) is 214 cm³/mol. The highest BCUT2D eigenvalue weighted by molar-refractivity contribution is 5.95. The summed E-state index contributed by atoms with van der Waals surface area (Å²) >= 11 is 0. The van der Waals surface area contributed by atoms with Gasteiger partial charge in [-0.15, -0.1) is 0 Å². The first-order valence-corrected chi connectivity index (χ1v) is 18.9. The van der Waals surface area contributed by atoms with Gasteiger partial charge in [0.1, 0.15) is 11.5 Å². The average Bonchev–Trinajstić information content (AvgIpc) is 3.69. The molecule has 0 bridgehead atoms. The van der Waals surface area contributed by atoms with Crippen LogP contribution in [-0.4, -0.2) is 18.9 Å². The number of ketones is 1. The minimum Gasteiger partial charge on any atom is -0.497 e. The molecule has 0 aromatic heterocycles. The van der Waals surface area contributed by atoms with Gasteiger partial charge in [-0.25, -0.2) is 4.79 Å². The quantitative estimate of drug-likeness (QED) is 0.0980. The minimum atomic E-state index is -0.639. The topological polar surface area (TPSA) is 52.6 Å². The number of hydrogen-bond donors (Lipinski definition) is 0. The maximum absolute atomic E-state index is 13.9. The van der Waals surface area contributed by atoms with Gasteiger partial charge in [-0.1, -0.05) is 125 Å². The Morgan fingerprint density at radius 3 is 1.48 bits per heavy atom. The monoisotopic (exact) mass is 708 g/mol. The van der Waals surface area contributed by atoms with E-state index in [9.17, 15) is 9.59 Å². The fourth-order valence-electron chi connectivity index (χ4n) is 10.5. The molecule has 0 amide bonds. The average molecular weight is 709 g/mol. The molecule has 4 heteroatoms. The van der Waals surface area contributed by atoms with E-state index in [0.29, 0.717) is 16.9 Å². The molecular weight excluding hydrogens is 665 g/mol. The van der Waals surface area contributed by atoms with Crippen LogP contribution in [0.25, 0.3) is 11.1 Å². The van der Waals surface area contributed by atoms with Crippen molar-refractivity contribution in [2.24, 2.45) is 0 Å². The number of benzene rings is 6. The third-order valence-electron chi connectivity index (χ3n) is 12.6. The lowest BCUT2D eigenvalue weighted by Gasteiger charge is -2.34. The smallest absolute Gasteiger partial charge is 0.343 e. The highest BCUT2D eigenvalue weighted by Gasteiger charge is 2.56. The number of rotatable bonds is 6. The summed E-state index contributed by atoms with van der Waals surface area (Å²) in [7, 11) is 1.73. The van der Waals surface area contributed by atoms with Crippen LogP contribution in [0.5, 0.6) is 11.5 Å². The van der Waals surface area contributed by atoms with Gasteiger partial charge in [-0.2, -0.15) is 0 Å². The van der Waals surface area contributed by atoms with E-state index in [1.807, 2.05) is 30.3 Å². The molecule has 3 aliphatic rings. The van der Waals surface area contributed by atoms with Crippen molar-refractivity contribution in [3.05, 3.63) is 189 Å². The molecule has 6 aromatic carbocycles. The van der Waals surface area contributed by atoms with E-state index in [4.69, 9.17) is 9.47 Å². The normalized spacial score (nSPS) is 19.1. The van der Waals surface area contributed by atoms with Crippen LogP contribution in [0.2, 0.25) is 0 Å². The number of ether oxygens (including phenoxy) is 2. The van der Waals surface area contributed by atoms with Crippen molar-refractivity contribution in [2.45, 2.75) is 69.1 Å². The number of hydrogen-bond acceptors (Lipinski definition) is 4. The van der Waals surface area contributed by atoms with Crippen molar-refractivity contribution in [2.75, 3.05) is 7.11 Å². The maximum atomic E-state index is 13.9. The van der Waals surface area contributed by atoms with Gasteiger partial charge in [-0.3, -0.25) is 4.79 Å². The van der Waals surface area contributed by atoms with Crippen molar-refractivity contribution in [1.29, 1.82) is 0 Å². The highest BCUT2D eigenvalue weighted by atomic mass is 16.5. The van der Waals surface area contributed by atoms with Gasteiger partial charge >= 0.3 is 5.97 Å². The second-order valence-corrected chi connectivity index (χ2v) is 16.8. The molecule has 0 aliphatic heterocycles. The van der Waals surface area contributed by atoms with E-state index in [1.54, 1.807) is 14.0 Å². The molecule has 0 fully saturated rings. The molecule has 9 rings (SSSR count). The first-order chi connectivity index (χ1) is 25.9. The fraction of sp³-hybridized carbons (Fsp3) is 0.240. The molecule has 0 radical (unpaired) electrons. The van der Waals surface area contributed by atoms with Crippen LogP contribution < -0.4 is 9.47 Å². The van der Waals surface area contributed by atoms with E-state index < -0.39 is 11.4 Å². The van der Waals surface area contributed by atoms with E-state index in [0.717, 1.165) is 29.7 Å². The Bertz CT molecular complexity index is 2450. The lowest BCUT2D eigenvalue weighted by Crippen LogP contribution is -2.28. The molecule has 54 heavy (non-hydrogen) atoms. The number of esters is 1. The van der Waals surface area contributed by atoms with Crippen molar-refractivity contribution in [3.63, 3.8) is 0 Å². The van der Waals surface area contributed by atoms with Crippen molar-refractivity contribution < 1.29 is 19.1 Å². The van der Waals surface area contributed by atoms with Gasteiger partial charge in [0, 0.05) is 11.0 Å². The third kappa shape index (κ3) is 4.82. The van der Waals surface area contributed by atoms with E-state index >= 15 is 0 Å². The number of methoxy groups -OCH3 is 1. The van der Waals surface area contributed by atoms with E-state index in [-0.39, 0.29) is 22.0 Å². The van der Waals surface area contributed by atoms with Gasteiger partial charge in [0.05, 0.1) is 18.1 Å². The summed E-state index contributed by atoms with van der Waals surface area (Å²) in [6.45, 7) is 10.9. The minimum absolute atomic E-state index is 0.0130. The Hall–Kier alpha value is -5.74. The van der Waals surface area contributed by atoms with Crippen molar-refractivity contribution >= 4 is 11.8 Å². The highest BCUT2D eigenvalue weighted by Crippen LogP contribution is 2.63. The maximum Gasteiger partial charge on any atom is 0.343 e. The number of Topliss-reactive ketones (excluding diaryl/α,β-unsaturated/α-hetero) is 1. The third-order valence-corrected chi connectivity index (χ3v) is 12.6. The standard InChI is InChI=1S/C50H44O4/c1-31(51)32-15-19-34(20-16-32)50(40-13-9-7-11-38(40)39-12-8-10-14-41(39)50)35-21-17-33(18-22-35)46(52)54-37-24-26-43-45(28-37)49(30-48(43,4)5)29-47(2,3)42-25-23-36(53-6)27-44(42)49/h7-28H,29-30H2,1-6H3. The Balaban J connectivity index is 1.09. The van der Waals surface area contributed by atoms with E-state index in [2.05, 4.69) is 131 Å². The summed E-state index contributed by atoms with van der Waals surface area (Å²) in [6, 6.07) is 45.7.